The molecular weight excluding hydrogens is 408 g/mol. The number of carbonyl (C=O) groups is 1. The minimum Gasteiger partial charge on any atom is -0.368 e. The largest absolute Gasteiger partial charge is 0.368 e. The Hall–Kier alpha value is -2.80. The predicted octanol–water partition coefficient (Wildman–Crippen LogP) is 3.48. The molecule has 0 bridgehead atoms. The number of carbonyl (C=O) groups excluding carboxylic acids is 1. The van der Waals surface area contributed by atoms with Crippen molar-refractivity contribution in [3.05, 3.63) is 64.4 Å². The van der Waals surface area contributed by atoms with Gasteiger partial charge in [0.2, 0.25) is 5.91 Å². The van der Waals surface area contributed by atoms with E-state index in [4.69, 9.17) is 4.98 Å². The Morgan fingerprint density at radius 2 is 1.84 bits per heavy atom. The Morgan fingerprint density at radius 1 is 1.06 bits per heavy atom. The monoisotopic (exact) mass is 434 g/mol. The Labute approximate surface area is 185 Å². The lowest BCUT2D eigenvalue weighted by atomic mass is 10.2. The number of amides is 1. The number of para-hydroxylation sites is 1. The molecule has 0 atom stereocenters. The van der Waals surface area contributed by atoms with E-state index in [1.807, 2.05) is 29.2 Å². The van der Waals surface area contributed by atoms with E-state index >= 15 is 0 Å². The SMILES string of the molecule is Cc1cccc(N2CCN(C(=O)CSc3nc4ccccc4c(=O)n3C3CC3)CC2)c1. The summed E-state index contributed by atoms with van der Waals surface area (Å²) in [6.07, 6.45) is 2.00. The number of rotatable bonds is 5. The first-order valence-corrected chi connectivity index (χ1v) is 11.8. The van der Waals surface area contributed by atoms with Crippen LogP contribution in [0.2, 0.25) is 0 Å². The second-order valence-electron chi connectivity index (χ2n) is 8.31. The predicted molar refractivity (Wildman–Crippen MR) is 125 cm³/mol. The first-order valence-electron chi connectivity index (χ1n) is 10.8. The summed E-state index contributed by atoms with van der Waals surface area (Å²) in [5.74, 6) is 0.417. The van der Waals surface area contributed by atoms with Crippen molar-refractivity contribution in [1.82, 2.24) is 14.5 Å². The third-order valence-electron chi connectivity index (χ3n) is 6.01. The molecule has 7 heteroatoms. The fourth-order valence-electron chi connectivity index (χ4n) is 4.14. The fourth-order valence-corrected chi connectivity index (χ4v) is 5.11. The molecule has 0 N–H and O–H groups in total. The maximum absolute atomic E-state index is 13.0. The van der Waals surface area contributed by atoms with E-state index in [9.17, 15) is 9.59 Å². The third kappa shape index (κ3) is 4.19. The van der Waals surface area contributed by atoms with E-state index in [0.717, 1.165) is 25.9 Å². The number of anilines is 1. The van der Waals surface area contributed by atoms with Crippen LogP contribution in [0.4, 0.5) is 5.69 Å². The van der Waals surface area contributed by atoms with Crippen LogP contribution in [0.3, 0.4) is 0 Å². The van der Waals surface area contributed by atoms with Crippen LogP contribution in [-0.2, 0) is 4.79 Å². The second-order valence-corrected chi connectivity index (χ2v) is 9.26. The van der Waals surface area contributed by atoms with Crippen LogP contribution in [0.15, 0.2) is 58.5 Å². The highest BCUT2D eigenvalue weighted by molar-refractivity contribution is 7.99. The Bertz CT molecular complexity index is 1180. The number of hydrogen-bond acceptors (Lipinski definition) is 5. The van der Waals surface area contributed by atoms with Crippen molar-refractivity contribution in [3.63, 3.8) is 0 Å². The van der Waals surface area contributed by atoms with Gasteiger partial charge < -0.3 is 9.80 Å². The zero-order valence-corrected chi connectivity index (χ0v) is 18.5. The first-order chi connectivity index (χ1) is 15.1. The Morgan fingerprint density at radius 3 is 2.58 bits per heavy atom. The van der Waals surface area contributed by atoms with Crippen molar-refractivity contribution < 1.29 is 4.79 Å². The van der Waals surface area contributed by atoms with Crippen LogP contribution in [0.1, 0.15) is 24.4 Å². The number of hydrogen-bond donors (Lipinski definition) is 0. The molecule has 1 aromatic heterocycles. The summed E-state index contributed by atoms with van der Waals surface area (Å²) in [5, 5.41) is 1.32. The topological polar surface area (TPSA) is 58.4 Å². The minimum absolute atomic E-state index is 0.00909. The Balaban J connectivity index is 1.26. The van der Waals surface area contributed by atoms with Crippen molar-refractivity contribution >= 4 is 34.3 Å². The Kier molecular flexibility index (Phi) is 5.44. The molecule has 6 nitrogen and oxygen atoms in total. The van der Waals surface area contributed by atoms with Crippen LogP contribution in [0, 0.1) is 6.92 Å². The van der Waals surface area contributed by atoms with Gasteiger partial charge in [-0.05, 0) is 49.6 Å². The number of aromatic nitrogens is 2. The van der Waals surface area contributed by atoms with E-state index in [2.05, 4.69) is 36.1 Å². The van der Waals surface area contributed by atoms with Gasteiger partial charge in [0, 0.05) is 37.9 Å². The summed E-state index contributed by atoms with van der Waals surface area (Å²) in [7, 11) is 0. The summed E-state index contributed by atoms with van der Waals surface area (Å²) in [6, 6.07) is 16.2. The molecule has 1 saturated carbocycles. The van der Waals surface area contributed by atoms with Crippen molar-refractivity contribution in [2.24, 2.45) is 0 Å². The highest BCUT2D eigenvalue weighted by Gasteiger charge is 2.29. The molecule has 5 rings (SSSR count). The van der Waals surface area contributed by atoms with E-state index in [1.54, 1.807) is 4.57 Å². The average molecular weight is 435 g/mol. The van der Waals surface area contributed by atoms with Crippen LogP contribution in [-0.4, -0.2) is 52.3 Å². The van der Waals surface area contributed by atoms with E-state index < -0.39 is 0 Å². The molecule has 2 aromatic carbocycles. The smallest absolute Gasteiger partial charge is 0.262 e. The summed E-state index contributed by atoms with van der Waals surface area (Å²) >= 11 is 1.39. The molecule has 2 aliphatic rings. The number of thioether (sulfide) groups is 1. The molecule has 1 aliphatic heterocycles. The van der Waals surface area contributed by atoms with Gasteiger partial charge in [-0.15, -0.1) is 0 Å². The number of piperazine rings is 1. The zero-order valence-electron chi connectivity index (χ0n) is 17.7. The molecule has 0 unspecified atom stereocenters. The first kappa shape index (κ1) is 20.1. The number of nitrogens with zero attached hydrogens (tertiary/aromatic N) is 4. The summed E-state index contributed by atoms with van der Waals surface area (Å²) in [4.78, 5) is 34.9. The van der Waals surface area contributed by atoms with Gasteiger partial charge in [0.25, 0.3) is 5.56 Å². The minimum atomic E-state index is 0.00909. The third-order valence-corrected chi connectivity index (χ3v) is 6.95. The molecule has 0 radical (unpaired) electrons. The van der Waals surface area contributed by atoms with Crippen LogP contribution in [0.25, 0.3) is 10.9 Å². The molecule has 31 heavy (non-hydrogen) atoms. The van der Waals surface area contributed by atoms with E-state index in [0.29, 0.717) is 34.9 Å². The van der Waals surface area contributed by atoms with Gasteiger partial charge >= 0.3 is 0 Å². The molecule has 2 heterocycles. The molecule has 1 aliphatic carbocycles. The van der Waals surface area contributed by atoms with E-state index in [1.165, 1.54) is 23.0 Å². The number of benzene rings is 2. The van der Waals surface area contributed by atoms with Gasteiger partial charge in [-0.1, -0.05) is 36.0 Å². The average Bonchev–Trinajstić information content (AvgIpc) is 3.63. The quantitative estimate of drug-likeness (QED) is 0.455. The lowest BCUT2D eigenvalue weighted by Crippen LogP contribution is -2.49. The highest BCUT2D eigenvalue weighted by Crippen LogP contribution is 2.36. The van der Waals surface area contributed by atoms with Gasteiger partial charge in [0.05, 0.1) is 16.7 Å². The highest BCUT2D eigenvalue weighted by atomic mass is 32.2. The van der Waals surface area contributed by atoms with Crippen LogP contribution < -0.4 is 10.5 Å². The van der Waals surface area contributed by atoms with Crippen molar-refractivity contribution in [2.75, 3.05) is 36.8 Å². The van der Waals surface area contributed by atoms with Crippen LogP contribution >= 0.6 is 11.8 Å². The molecular formula is C24H26N4O2S. The normalized spacial score (nSPS) is 16.7. The van der Waals surface area contributed by atoms with Crippen molar-refractivity contribution in [3.8, 4) is 0 Å². The summed E-state index contributed by atoms with van der Waals surface area (Å²) in [6.45, 7) is 5.20. The lowest BCUT2D eigenvalue weighted by molar-refractivity contribution is -0.128. The van der Waals surface area contributed by atoms with Gasteiger partial charge in [-0.2, -0.15) is 0 Å². The van der Waals surface area contributed by atoms with Gasteiger partial charge in [-0.25, -0.2) is 4.98 Å². The summed E-state index contributed by atoms with van der Waals surface area (Å²) < 4.78 is 1.80. The van der Waals surface area contributed by atoms with Crippen molar-refractivity contribution in [2.45, 2.75) is 31.0 Å². The van der Waals surface area contributed by atoms with Gasteiger partial charge in [-0.3, -0.25) is 14.2 Å². The molecule has 0 spiro atoms. The molecule has 3 aromatic rings. The molecule has 1 saturated heterocycles. The molecule has 2 fully saturated rings. The molecule has 160 valence electrons. The van der Waals surface area contributed by atoms with E-state index in [-0.39, 0.29) is 17.5 Å². The maximum atomic E-state index is 13.0. The van der Waals surface area contributed by atoms with Crippen molar-refractivity contribution in [1.29, 1.82) is 0 Å². The summed E-state index contributed by atoms with van der Waals surface area (Å²) in [5.41, 5.74) is 3.17. The van der Waals surface area contributed by atoms with Gasteiger partial charge in [0.1, 0.15) is 0 Å². The fraction of sp³-hybridized carbons (Fsp3) is 0.375. The van der Waals surface area contributed by atoms with Crippen LogP contribution in [0.5, 0.6) is 0 Å². The number of fused-ring (bicyclic) bond motifs is 1. The molecule has 1 amide bonds. The van der Waals surface area contributed by atoms with Gasteiger partial charge in [0.15, 0.2) is 5.16 Å². The zero-order chi connectivity index (χ0) is 21.4. The second kappa shape index (κ2) is 8.38. The standard InChI is InChI=1S/C24H26N4O2S/c1-17-5-4-6-19(15-17)26-11-13-27(14-12-26)22(29)16-31-24-25-21-8-3-2-7-20(21)23(30)28(24)18-9-10-18/h2-8,15,18H,9-14,16H2,1H3. The number of aryl methyl sites for hydroxylation is 1. The maximum Gasteiger partial charge on any atom is 0.262 e. The lowest BCUT2D eigenvalue weighted by Gasteiger charge is -2.36.